The molecule has 0 aromatic heterocycles. The molecule has 31 heavy (non-hydrogen) atoms. The second kappa shape index (κ2) is 10.3. The van der Waals surface area contributed by atoms with Gasteiger partial charge in [-0.1, -0.05) is 13.0 Å². The number of carbonyl (C=O) groups is 2. The maximum Gasteiger partial charge on any atom is 0.309 e. The Hall–Kier alpha value is -1.66. The van der Waals surface area contributed by atoms with Crippen molar-refractivity contribution in [1.29, 1.82) is 0 Å². The molecule has 2 saturated heterocycles. The first kappa shape index (κ1) is 24.0. The molecule has 9 atom stereocenters. The third kappa shape index (κ3) is 5.23. The molecule has 3 aliphatic rings. The normalized spacial score (nSPS) is 41.6. The van der Waals surface area contributed by atoms with E-state index in [9.17, 15) is 35.1 Å². The van der Waals surface area contributed by atoms with Crippen LogP contribution in [0.25, 0.3) is 0 Å². The summed E-state index contributed by atoms with van der Waals surface area (Å²) in [6.45, 7) is 1.05. The van der Waals surface area contributed by atoms with E-state index in [1.54, 1.807) is 19.1 Å². The van der Waals surface area contributed by atoms with E-state index in [1.807, 2.05) is 0 Å². The summed E-state index contributed by atoms with van der Waals surface area (Å²) >= 11 is 0. The molecule has 0 radical (unpaired) electrons. The number of allylic oxidation sites excluding steroid dienone is 1. The average molecular weight is 442 g/mol. The van der Waals surface area contributed by atoms with Gasteiger partial charge in [-0.25, -0.2) is 0 Å². The first-order valence-corrected chi connectivity index (χ1v) is 10.4. The highest BCUT2D eigenvalue weighted by molar-refractivity contribution is 5.76. The molecule has 3 rings (SSSR count). The van der Waals surface area contributed by atoms with Gasteiger partial charge in [-0.15, -0.1) is 0 Å². The Labute approximate surface area is 179 Å². The largest absolute Gasteiger partial charge is 0.457 e. The lowest BCUT2D eigenvalue weighted by atomic mass is 9.82. The summed E-state index contributed by atoms with van der Waals surface area (Å²) in [6, 6.07) is 0. The standard InChI is InChI=1S/C21H30O10/c1-10-16-13(24)5-11(7-22)3-2-4-12(6-14(16)30-20(10)28)9-29-21-19(27)18(26)17(25)15(8-23)31-21/h3,6-7,10,13-19,21,23-27H,2,4-5,8-9H2,1H3. The Morgan fingerprint density at radius 2 is 1.94 bits per heavy atom. The van der Waals surface area contributed by atoms with Crippen molar-refractivity contribution < 1.29 is 49.3 Å². The van der Waals surface area contributed by atoms with Crippen LogP contribution in [0, 0.1) is 11.8 Å². The van der Waals surface area contributed by atoms with E-state index in [0.717, 1.165) is 0 Å². The molecular weight excluding hydrogens is 412 g/mol. The number of esters is 1. The van der Waals surface area contributed by atoms with Crippen LogP contribution in [0.1, 0.15) is 26.2 Å². The van der Waals surface area contributed by atoms with Crippen LogP contribution in [0.5, 0.6) is 0 Å². The molecule has 10 heteroatoms. The van der Waals surface area contributed by atoms with E-state index < -0.39 is 67.3 Å². The van der Waals surface area contributed by atoms with Crippen molar-refractivity contribution in [3.05, 3.63) is 23.3 Å². The summed E-state index contributed by atoms with van der Waals surface area (Å²) in [5, 5.41) is 49.9. The maximum absolute atomic E-state index is 12.1. The molecule has 2 heterocycles. The van der Waals surface area contributed by atoms with Crippen molar-refractivity contribution in [3.63, 3.8) is 0 Å². The number of aliphatic hydroxyl groups is 5. The van der Waals surface area contributed by atoms with Crippen LogP contribution in [0.3, 0.4) is 0 Å². The molecule has 0 aromatic rings. The summed E-state index contributed by atoms with van der Waals surface area (Å²) in [7, 11) is 0. The van der Waals surface area contributed by atoms with E-state index in [-0.39, 0.29) is 13.0 Å². The summed E-state index contributed by atoms with van der Waals surface area (Å²) in [5.41, 5.74) is 1.12. The summed E-state index contributed by atoms with van der Waals surface area (Å²) in [6.07, 6.45) is -3.39. The number of fused-ring (bicyclic) bond motifs is 1. The zero-order valence-electron chi connectivity index (χ0n) is 17.2. The minimum Gasteiger partial charge on any atom is -0.457 e. The molecule has 9 unspecified atom stereocenters. The van der Waals surface area contributed by atoms with Gasteiger partial charge in [0.1, 0.15) is 36.8 Å². The molecule has 1 aliphatic carbocycles. The number of carbonyl (C=O) groups excluding carboxylic acids is 2. The molecular formula is C21H30O10. The molecule has 174 valence electrons. The topological polar surface area (TPSA) is 163 Å². The summed E-state index contributed by atoms with van der Waals surface area (Å²) < 4.78 is 16.4. The van der Waals surface area contributed by atoms with E-state index in [4.69, 9.17) is 14.2 Å². The number of aldehydes is 1. The average Bonchev–Trinajstić information content (AvgIpc) is 3.03. The van der Waals surface area contributed by atoms with Crippen LogP contribution >= 0.6 is 0 Å². The second-order valence-corrected chi connectivity index (χ2v) is 8.31. The predicted octanol–water partition coefficient (Wildman–Crippen LogP) is -1.42. The first-order valence-electron chi connectivity index (χ1n) is 10.4. The third-order valence-electron chi connectivity index (χ3n) is 6.17. The summed E-state index contributed by atoms with van der Waals surface area (Å²) in [5.74, 6) is -1.51. The molecule has 5 N–H and O–H groups in total. The predicted molar refractivity (Wildman–Crippen MR) is 104 cm³/mol. The molecule has 2 aliphatic heterocycles. The van der Waals surface area contributed by atoms with Gasteiger partial charge in [0.05, 0.1) is 25.2 Å². The lowest BCUT2D eigenvalue weighted by Gasteiger charge is -2.39. The van der Waals surface area contributed by atoms with Crippen LogP contribution in [0.2, 0.25) is 0 Å². The number of hydrogen-bond donors (Lipinski definition) is 5. The Balaban J connectivity index is 1.77. The van der Waals surface area contributed by atoms with E-state index in [0.29, 0.717) is 30.3 Å². The molecule has 0 aromatic carbocycles. The summed E-state index contributed by atoms with van der Waals surface area (Å²) in [4.78, 5) is 23.5. The lowest BCUT2D eigenvalue weighted by molar-refractivity contribution is -0.299. The highest BCUT2D eigenvalue weighted by Gasteiger charge is 2.46. The SMILES string of the molecule is CC1C(=O)OC2C=C(COC3OC(CO)C(O)C(O)C3O)CCC=C(C=O)CC(O)C21. The van der Waals surface area contributed by atoms with Crippen molar-refractivity contribution in [1.82, 2.24) is 0 Å². The van der Waals surface area contributed by atoms with Gasteiger partial charge < -0.3 is 39.7 Å². The smallest absolute Gasteiger partial charge is 0.309 e. The Kier molecular flexibility index (Phi) is 7.98. The van der Waals surface area contributed by atoms with Gasteiger partial charge in [0, 0.05) is 12.3 Å². The Bertz CT molecular complexity index is 717. The van der Waals surface area contributed by atoms with Crippen molar-refractivity contribution in [3.8, 4) is 0 Å². The maximum atomic E-state index is 12.1. The van der Waals surface area contributed by atoms with E-state index in [1.165, 1.54) is 0 Å². The lowest BCUT2D eigenvalue weighted by Crippen LogP contribution is -2.59. The van der Waals surface area contributed by atoms with Gasteiger partial charge >= 0.3 is 5.97 Å². The van der Waals surface area contributed by atoms with Gasteiger partial charge in [-0.05, 0) is 30.1 Å². The van der Waals surface area contributed by atoms with E-state index in [2.05, 4.69) is 0 Å². The van der Waals surface area contributed by atoms with Crippen molar-refractivity contribution in [2.24, 2.45) is 11.8 Å². The van der Waals surface area contributed by atoms with Crippen molar-refractivity contribution >= 4 is 12.3 Å². The fourth-order valence-electron chi connectivity index (χ4n) is 4.29. The van der Waals surface area contributed by atoms with Gasteiger partial charge in [0.2, 0.25) is 0 Å². The van der Waals surface area contributed by atoms with Gasteiger partial charge in [-0.2, -0.15) is 0 Å². The number of hydrogen-bond acceptors (Lipinski definition) is 10. The molecule has 0 spiro atoms. The van der Waals surface area contributed by atoms with Gasteiger partial charge in [-0.3, -0.25) is 9.59 Å². The number of aliphatic hydroxyl groups excluding tert-OH is 5. The minimum absolute atomic E-state index is 0.0573. The quantitative estimate of drug-likeness (QED) is 0.194. The van der Waals surface area contributed by atoms with Crippen molar-refractivity contribution in [2.45, 2.75) is 69.1 Å². The highest BCUT2D eigenvalue weighted by Crippen LogP contribution is 2.35. The van der Waals surface area contributed by atoms with Crippen LogP contribution < -0.4 is 0 Å². The molecule has 0 amide bonds. The Morgan fingerprint density at radius 1 is 1.19 bits per heavy atom. The first-order chi connectivity index (χ1) is 14.8. The monoisotopic (exact) mass is 442 g/mol. The fraction of sp³-hybridized carbons (Fsp3) is 0.714. The highest BCUT2D eigenvalue weighted by atomic mass is 16.7. The number of rotatable bonds is 5. The molecule has 2 fully saturated rings. The second-order valence-electron chi connectivity index (χ2n) is 8.31. The molecule has 0 bridgehead atoms. The zero-order valence-corrected chi connectivity index (χ0v) is 17.2. The van der Waals surface area contributed by atoms with E-state index >= 15 is 0 Å². The van der Waals surface area contributed by atoms with Crippen LogP contribution in [0.15, 0.2) is 23.3 Å². The van der Waals surface area contributed by atoms with Gasteiger partial charge in [0.25, 0.3) is 0 Å². The fourth-order valence-corrected chi connectivity index (χ4v) is 4.29. The van der Waals surface area contributed by atoms with Crippen LogP contribution in [-0.2, 0) is 23.8 Å². The third-order valence-corrected chi connectivity index (χ3v) is 6.17. The van der Waals surface area contributed by atoms with Gasteiger partial charge in [0.15, 0.2) is 6.29 Å². The molecule has 10 nitrogen and oxygen atoms in total. The number of ether oxygens (including phenoxy) is 3. The van der Waals surface area contributed by atoms with Crippen molar-refractivity contribution in [2.75, 3.05) is 13.2 Å². The van der Waals surface area contributed by atoms with Crippen LogP contribution in [-0.4, -0.2) is 93.9 Å². The Morgan fingerprint density at radius 3 is 2.61 bits per heavy atom. The zero-order chi connectivity index (χ0) is 22.7. The molecule has 0 saturated carbocycles. The van der Waals surface area contributed by atoms with Crippen LogP contribution in [0.4, 0.5) is 0 Å². The minimum atomic E-state index is -1.55.